The number of hydrogen-bond donors (Lipinski definition) is 2. The van der Waals surface area contributed by atoms with Crippen LogP contribution in [0.3, 0.4) is 0 Å². The molecule has 2 aromatic rings. The summed E-state index contributed by atoms with van der Waals surface area (Å²) in [6, 6.07) is 3.41. The molecular weight excluding hydrogens is 296 g/mol. The van der Waals surface area contributed by atoms with Crippen LogP contribution in [0.1, 0.15) is 34.1 Å². The Kier molecular flexibility index (Phi) is 3.26. The number of rotatable bonds is 4. The molecule has 9 heteroatoms. The zero-order chi connectivity index (χ0) is 15.0. The minimum Gasteiger partial charge on any atom is -0.502 e. The molecule has 1 aliphatic rings. The fourth-order valence-corrected chi connectivity index (χ4v) is 2.68. The van der Waals surface area contributed by atoms with Crippen LogP contribution in [0.2, 0.25) is 0 Å². The Morgan fingerprint density at radius 3 is 2.81 bits per heavy atom. The molecule has 1 heterocycles. The summed E-state index contributed by atoms with van der Waals surface area (Å²) in [7, 11) is 0. The van der Waals surface area contributed by atoms with Gasteiger partial charge in [-0.3, -0.25) is 20.2 Å². The third kappa shape index (κ3) is 2.82. The highest BCUT2D eigenvalue weighted by Gasteiger charge is 2.28. The van der Waals surface area contributed by atoms with Crippen molar-refractivity contribution in [2.24, 2.45) is 0 Å². The molecule has 0 atom stereocenters. The maximum atomic E-state index is 12.0. The van der Waals surface area contributed by atoms with Crippen molar-refractivity contribution in [1.29, 1.82) is 0 Å². The first-order valence-electron chi connectivity index (χ1n) is 6.17. The summed E-state index contributed by atoms with van der Waals surface area (Å²) in [6.45, 7) is 0. The maximum absolute atomic E-state index is 12.0. The molecule has 1 aliphatic carbocycles. The van der Waals surface area contributed by atoms with E-state index in [9.17, 15) is 20.0 Å². The largest absolute Gasteiger partial charge is 0.502 e. The first kappa shape index (κ1) is 13.4. The van der Waals surface area contributed by atoms with Crippen molar-refractivity contribution in [3.05, 3.63) is 38.9 Å². The van der Waals surface area contributed by atoms with Gasteiger partial charge < -0.3 is 5.11 Å². The lowest BCUT2D eigenvalue weighted by Gasteiger charge is -2.02. The Labute approximate surface area is 122 Å². The molecule has 1 amide bonds. The third-order valence-corrected chi connectivity index (χ3v) is 4.02. The number of nitrogens with zero attached hydrogens (tertiary/aromatic N) is 3. The Hall–Kier alpha value is -2.55. The van der Waals surface area contributed by atoms with Gasteiger partial charge in [0.05, 0.1) is 4.92 Å². The van der Waals surface area contributed by atoms with E-state index >= 15 is 0 Å². The molecular formula is C12H10N4O4S. The second-order valence-electron chi connectivity index (χ2n) is 4.63. The van der Waals surface area contributed by atoms with Gasteiger partial charge in [0.25, 0.3) is 5.91 Å². The fraction of sp³-hybridized carbons (Fsp3) is 0.250. The average molecular weight is 306 g/mol. The number of nitro groups is 1. The smallest absolute Gasteiger partial charge is 0.310 e. The van der Waals surface area contributed by atoms with Crippen LogP contribution in [0.25, 0.3) is 0 Å². The van der Waals surface area contributed by atoms with Crippen molar-refractivity contribution < 1.29 is 14.8 Å². The van der Waals surface area contributed by atoms with Crippen molar-refractivity contribution in [2.75, 3.05) is 5.32 Å². The second kappa shape index (κ2) is 5.09. The molecule has 0 radical (unpaired) electrons. The lowest BCUT2D eigenvalue weighted by Crippen LogP contribution is -2.11. The van der Waals surface area contributed by atoms with Crippen LogP contribution < -0.4 is 5.32 Å². The van der Waals surface area contributed by atoms with Gasteiger partial charge in [-0.15, -0.1) is 10.2 Å². The Balaban J connectivity index is 1.75. The summed E-state index contributed by atoms with van der Waals surface area (Å²) in [5.74, 6) is -0.598. The molecule has 0 unspecified atom stereocenters. The molecule has 1 aromatic carbocycles. The number of amides is 1. The van der Waals surface area contributed by atoms with E-state index in [0.717, 1.165) is 30.0 Å². The monoisotopic (exact) mass is 306 g/mol. The fourth-order valence-electron chi connectivity index (χ4n) is 1.77. The molecule has 1 aromatic heterocycles. The van der Waals surface area contributed by atoms with Crippen LogP contribution in [0.4, 0.5) is 10.8 Å². The Bertz CT molecular complexity index is 726. The summed E-state index contributed by atoms with van der Waals surface area (Å²) >= 11 is 1.31. The molecule has 21 heavy (non-hydrogen) atoms. The summed E-state index contributed by atoms with van der Waals surface area (Å²) in [5, 5.41) is 31.8. The standard InChI is InChI=1S/C12H10N4O4S/c17-9-5-7(3-4-8(9)16(19)20)10(18)13-12-15-14-11(21-12)6-1-2-6/h3-6,17H,1-2H2,(H,13,15,18). The van der Waals surface area contributed by atoms with E-state index < -0.39 is 22.3 Å². The highest BCUT2D eigenvalue weighted by atomic mass is 32.1. The van der Waals surface area contributed by atoms with E-state index in [0.29, 0.717) is 11.0 Å². The van der Waals surface area contributed by atoms with Crippen LogP contribution in [0.5, 0.6) is 5.75 Å². The highest BCUT2D eigenvalue weighted by Crippen LogP contribution is 2.42. The molecule has 1 saturated carbocycles. The molecule has 0 bridgehead atoms. The van der Waals surface area contributed by atoms with Crippen LogP contribution in [-0.4, -0.2) is 26.1 Å². The minimum absolute atomic E-state index is 0.112. The predicted octanol–water partition coefficient (Wildman–Crippen LogP) is 2.28. The van der Waals surface area contributed by atoms with E-state index in [4.69, 9.17) is 0 Å². The highest BCUT2D eigenvalue weighted by molar-refractivity contribution is 7.15. The minimum atomic E-state index is -0.719. The van der Waals surface area contributed by atoms with Gasteiger partial charge in [-0.05, 0) is 25.0 Å². The van der Waals surface area contributed by atoms with Crippen LogP contribution >= 0.6 is 11.3 Å². The Morgan fingerprint density at radius 2 is 2.19 bits per heavy atom. The molecule has 0 aliphatic heterocycles. The van der Waals surface area contributed by atoms with E-state index in [-0.39, 0.29) is 5.56 Å². The number of anilines is 1. The molecule has 1 fully saturated rings. The van der Waals surface area contributed by atoms with Gasteiger partial charge in [-0.2, -0.15) is 0 Å². The van der Waals surface area contributed by atoms with E-state index in [1.807, 2.05) is 0 Å². The second-order valence-corrected chi connectivity index (χ2v) is 5.64. The van der Waals surface area contributed by atoms with Crippen molar-refractivity contribution in [3.8, 4) is 5.75 Å². The van der Waals surface area contributed by atoms with Crippen molar-refractivity contribution in [3.63, 3.8) is 0 Å². The molecule has 108 valence electrons. The Morgan fingerprint density at radius 1 is 1.43 bits per heavy atom. The first-order valence-corrected chi connectivity index (χ1v) is 6.98. The van der Waals surface area contributed by atoms with Gasteiger partial charge in [-0.1, -0.05) is 11.3 Å². The van der Waals surface area contributed by atoms with E-state index in [1.54, 1.807) is 0 Å². The molecule has 3 rings (SSSR count). The number of phenolic OH excluding ortho intramolecular Hbond substituents is 1. The number of aromatic nitrogens is 2. The van der Waals surface area contributed by atoms with Gasteiger partial charge in [0, 0.05) is 17.5 Å². The van der Waals surface area contributed by atoms with Gasteiger partial charge >= 0.3 is 5.69 Å². The van der Waals surface area contributed by atoms with Crippen molar-refractivity contribution in [2.45, 2.75) is 18.8 Å². The molecule has 0 spiro atoms. The number of nitro benzene ring substituents is 1. The number of hydrogen-bond acceptors (Lipinski definition) is 7. The topological polar surface area (TPSA) is 118 Å². The van der Waals surface area contributed by atoms with Crippen LogP contribution in [0, 0.1) is 10.1 Å². The number of carbonyl (C=O) groups excluding carboxylic acids is 1. The normalized spacial score (nSPS) is 13.9. The number of carbonyl (C=O) groups is 1. The molecule has 0 saturated heterocycles. The number of phenols is 1. The van der Waals surface area contributed by atoms with Crippen LogP contribution in [0.15, 0.2) is 18.2 Å². The lowest BCUT2D eigenvalue weighted by atomic mass is 10.2. The quantitative estimate of drug-likeness (QED) is 0.660. The van der Waals surface area contributed by atoms with Crippen LogP contribution in [-0.2, 0) is 0 Å². The van der Waals surface area contributed by atoms with Gasteiger partial charge in [0.15, 0.2) is 5.75 Å². The van der Waals surface area contributed by atoms with Gasteiger partial charge in [-0.25, -0.2) is 0 Å². The average Bonchev–Trinajstić information content (AvgIpc) is 3.19. The molecule has 8 nitrogen and oxygen atoms in total. The summed E-state index contributed by atoms with van der Waals surface area (Å²) < 4.78 is 0. The summed E-state index contributed by atoms with van der Waals surface area (Å²) in [5.41, 5.74) is -0.334. The van der Waals surface area contributed by atoms with Gasteiger partial charge in [0.2, 0.25) is 5.13 Å². The molecule has 2 N–H and O–H groups in total. The number of aromatic hydroxyl groups is 1. The maximum Gasteiger partial charge on any atom is 0.310 e. The zero-order valence-electron chi connectivity index (χ0n) is 10.6. The summed E-state index contributed by atoms with van der Waals surface area (Å²) in [6.07, 6.45) is 2.19. The predicted molar refractivity (Wildman–Crippen MR) is 74.6 cm³/mol. The number of nitrogens with one attached hydrogen (secondary N) is 1. The summed E-state index contributed by atoms with van der Waals surface area (Å²) in [4.78, 5) is 21.9. The number of benzene rings is 1. The van der Waals surface area contributed by atoms with Gasteiger partial charge in [0.1, 0.15) is 5.01 Å². The third-order valence-electron chi connectivity index (χ3n) is 3.02. The lowest BCUT2D eigenvalue weighted by molar-refractivity contribution is -0.385. The first-order chi connectivity index (χ1) is 10.0. The van der Waals surface area contributed by atoms with Crippen molar-refractivity contribution >= 4 is 28.1 Å². The zero-order valence-corrected chi connectivity index (χ0v) is 11.5. The van der Waals surface area contributed by atoms with E-state index in [2.05, 4.69) is 15.5 Å². The van der Waals surface area contributed by atoms with E-state index in [1.165, 1.54) is 17.4 Å². The SMILES string of the molecule is O=C(Nc1nnc(C2CC2)s1)c1ccc([N+](=O)[O-])c(O)c1. The van der Waals surface area contributed by atoms with Crippen molar-refractivity contribution in [1.82, 2.24) is 10.2 Å².